The molecule has 0 saturated heterocycles. The van der Waals surface area contributed by atoms with Crippen LogP contribution >= 0.6 is 0 Å². The van der Waals surface area contributed by atoms with Crippen LogP contribution in [0.2, 0.25) is 0 Å². The van der Waals surface area contributed by atoms with Crippen LogP contribution in [0.25, 0.3) is 66.4 Å². The van der Waals surface area contributed by atoms with E-state index in [1.54, 1.807) is 36.4 Å². The molecule has 3 heteroatoms. The van der Waals surface area contributed by atoms with Gasteiger partial charge in [0.05, 0.1) is 5.69 Å². The van der Waals surface area contributed by atoms with Crippen molar-refractivity contribution in [2.45, 2.75) is 20.6 Å². The van der Waals surface area contributed by atoms with E-state index in [1.807, 2.05) is 54.6 Å². The number of hydrogen-bond donors (Lipinski definition) is 0. The largest absolute Gasteiger partial charge is 0.437 e. The van der Waals surface area contributed by atoms with Gasteiger partial charge in [-0.1, -0.05) is 60.7 Å². The van der Waals surface area contributed by atoms with Gasteiger partial charge in [0, 0.05) is 40.6 Å². The van der Waals surface area contributed by atoms with Gasteiger partial charge in [-0.2, -0.15) is 0 Å². The molecule has 0 unspecified atom stereocenters. The molecule has 3 heterocycles. The maximum absolute atomic E-state index is 8.45. The Bertz CT molecular complexity index is 2320. The van der Waals surface area contributed by atoms with E-state index in [-0.39, 0.29) is 33.7 Å². The van der Waals surface area contributed by atoms with Crippen LogP contribution in [-0.4, -0.2) is 9.97 Å². The van der Waals surface area contributed by atoms with E-state index in [2.05, 4.69) is 9.97 Å². The molecule has 0 aliphatic rings. The van der Waals surface area contributed by atoms with Gasteiger partial charge in [-0.05, 0) is 101 Å². The van der Waals surface area contributed by atoms with E-state index in [1.165, 1.54) is 12.3 Å². The average molecular weight is 500 g/mol. The molecule has 0 fully saturated rings. The lowest BCUT2D eigenvalue weighted by Gasteiger charge is -2.14. The van der Waals surface area contributed by atoms with Gasteiger partial charge in [0.25, 0.3) is 0 Å². The summed E-state index contributed by atoms with van der Waals surface area (Å²) in [6.07, 6.45) is 1.26. The van der Waals surface area contributed by atoms with Gasteiger partial charge in [-0.15, -0.1) is 0 Å². The number of benzene rings is 4. The van der Waals surface area contributed by atoms with Gasteiger partial charge in [-0.25, -0.2) is 4.98 Å². The molecule has 0 radical (unpaired) electrons. The Morgan fingerprint density at radius 1 is 0.632 bits per heavy atom. The number of aromatic nitrogens is 2. The molecule has 0 amide bonds. The summed E-state index contributed by atoms with van der Waals surface area (Å²) in [5, 5.41) is 2.75. The molecular weight excluding hydrogens is 464 g/mol. The number of pyridine rings is 2. The lowest BCUT2D eigenvalue weighted by atomic mass is 9.92. The summed E-state index contributed by atoms with van der Waals surface area (Å²) in [6.45, 7) is -7.58. The smallest absolute Gasteiger partial charge is 0.227 e. The Hall–Kier alpha value is -4.76. The molecule has 0 aliphatic heterocycles. The molecule has 38 heavy (non-hydrogen) atoms. The third kappa shape index (κ3) is 3.67. The second-order valence-electron chi connectivity index (χ2n) is 9.27. The lowest BCUT2D eigenvalue weighted by Crippen LogP contribution is -1.93. The van der Waals surface area contributed by atoms with Crippen molar-refractivity contribution in [1.82, 2.24) is 9.97 Å². The molecular formula is C35H26N2O. The van der Waals surface area contributed by atoms with E-state index in [0.717, 1.165) is 16.5 Å². The fourth-order valence-electron chi connectivity index (χ4n) is 5.04. The minimum atomic E-state index is -2.60. The second kappa shape index (κ2) is 8.67. The highest BCUT2D eigenvalue weighted by Crippen LogP contribution is 2.38. The van der Waals surface area contributed by atoms with E-state index >= 15 is 0 Å². The van der Waals surface area contributed by atoms with E-state index < -0.39 is 20.6 Å². The van der Waals surface area contributed by atoms with Crippen LogP contribution in [0.3, 0.4) is 0 Å². The Balaban J connectivity index is 1.45. The summed E-state index contributed by atoms with van der Waals surface area (Å²) in [5.41, 5.74) is 3.62. The molecule has 182 valence electrons. The Kier molecular flexibility index (Phi) is 3.39. The number of furan rings is 1. The summed E-state index contributed by atoms with van der Waals surface area (Å²) in [7, 11) is 0. The van der Waals surface area contributed by atoms with E-state index in [4.69, 9.17) is 16.8 Å². The van der Waals surface area contributed by atoms with E-state index in [9.17, 15) is 0 Å². The Labute approximate surface area is 234 Å². The molecule has 0 saturated carbocycles. The van der Waals surface area contributed by atoms with Crippen molar-refractivity contribution in [3.05, 3.63) is 120 Å². The van der Waals surface area contributed by atoms with Crippen molar-refractivity contribution in [2.75, 3.05) is 0 Å². The zero-order chi connectivity index (χ0) is 33.3. The first kappa shape index (κ1) is 14.8. The van der Waals surface area contributed by atoms with Gasteiger partial charge in [0.2, 0.25) is 5.71 Å². The highest BCUT2D eigenvalue weighted by Gasteiger charge is 2.16. The van der Waals surface area contributed by atoms with Gasteiger partial charge in [0.1, 0.15) is 5.58 Å². The predicted molar refractivity (Wildman–Crippen MR) is 157 cm³/mol. The van der Waals surface area contributed by atoms with Crippen molar-refractivity contribution in [3.63, 3.8) is 0 Å². The number of hydrogen-bond acceptors (Lipinski definition) is 3. The van der Waals surface area contributed by atoms with Crippen LogP contribution in [0.15, 0.2) is 108 Å². The van der Waals surface area contributed by atoms with Crippen molar-refractivity contribution < 1.29 is 16.8 Å². The number of rotatable bonds is 3. The van der Waals surface area contributed by atoms with Crippen molar-refractivity contribution in [3.8, 4) is 33.5 Å². The summed E-state index contributed by atoms with van der Waals surface area (Å²) >= 11 is 0. The highest BCUT2D eigenvalue weighted by molar-refractivity contribution is 6.08. The zero-order valence-corrected chi connectivity index (χ0v) is 20.1. The molecule has 0 N–H and O–H groups in total. The normalized spacial score (nSPS) is 16.1. The minimum absolute atomic E-state index is 0.0150. The molecule has 7 aromatic rings. The van der Waals surface area contributed by atoms with Crippen LogP contribution < -0.4 is 0 Å². The molecule has 3 aromatic heterocycles. The van der Waals surface area contributed by atoms with Crippen molar-refractivity contribution in [1.29, 1.82) is 0 Å². The first-order valence-corrected chi connectivity index (χ1v) is 12.2. The van der Waals surface area contributed by atoms with Crippen molar-refractivity contribution in [2.24, 2.45) is 0 Å². The first-order chi connectivity index (χ1) is 22.2. The SMILES string of the molecule is [2H]C([2H])([2H])c1ccc2c(n1)oc1c(-c3cc(-c4cc5ccc(-c6ccccc6)cc5cc4C([2H])([2H])[2H])c(C([2H])([2H])[2H])cn3)cccc12. The quantitative estimate of drug-likeness (QED) is 0.243. The van der Waals surface area contributed by atoms with Crippen molar-refractivity contribution >= 4 is 32.8 Å². The fraction of sp³-hybridized carbons (Fsp3) is 0.0857. The summed E-state index contributed by atoms with van der Waals surface area (Å²) < 4.78 is 79.5. The molecule has 0 atom stereocenters. The second-order valence-corrected chi connectivity index (χ2v) is 9.27. The van der Waals surface area contributed by atoms with Gasteiger partial charge in [0.15, 0.2) is 0 Å². The number of aryl methyl sites for hydroxylation is 3. The third-order valence-electron chi connectivity index (χ3n) is 6.92. The molecule has 0 spiro atoms. The zero-order valence-electron chi connectivity index (χ0n) is 29.1. The fourth-order valence-corrected chi connectivity index (χ4v) is 5.04. The number of nitrogens with zero attached hydrogens (tertiary/aromatic N) is 2. The number of para-hydroxylation sites is 1. The lowest BCUT2D eigenvalue weighted by molar-refractivity contribution is 0.653. The predicted octanol–water partition coefficient (Wildman–Crippen LogP) is 9.46. The van der Waals surface area contributed by atoms with Crippen LogP contribution in [0.5, 0.6) is 0 Å². The third-order valence-corrected chi connectivity index (χ3v) is 6.92. The first-order valence-electron chi connectivity index (χ1n) is 16.7. The van der Waals surface area contributed by atoms with Crippen LogP contribution in [0, 0.1) is 20.6 Å². The standard InChI is InChI=1S/C35H26N2O/c1-21-16-27-17-25(24-8-5-4-6-9-24)13-14-26(27)18-31(21)32-19-33(36-20-22(32)2)30-11-7-10-28-29-15-12-23(3)37-35(29)38-34(28)30/h4-20H,1-3H3/i1D3,2D3,3D3. The number of fused-ring (bicyclic) bond motifs is 4. The van der Waals surface area contributed by atoms with Crippen LogP contribution in [0.1, 0.15) is 29.2 Å². The minimum Gasteiger partial charge on any atom is -0.437 e. The van der Waals surface area contributed by atoms with E-state index in [0.29, 0.717) is 33.0 Å². The van der Waals surface area contributed by atoms with Gasteiger partial charge in [-0.3, -0.25) is 4.98 Å². The molecule has 7 rings (SSSR count). The molecule has 0 bridgehead atoms. The average Bonchev–Trinajstić information content (AvgIpc) is 3.41. The Morgan fingerprint density at radius 2 is 1.53 bits per heavy atom. The monoisotopic (exact) mass is 499 g/mol. The summed E-state index contributed by atoms with van der Waals surface area (Å²) in [5.74, 6) is 0. The molecule has 3 nitrogen and oxygen atoms in total. The summed E-state index contributed by atoms with van der Waals surface area (Å²) in [4.78, 5) is 8.74. The highest BCUT2D eigenvalue weighted by atomic mass is 16.3. The summed E-state index contributed by atoms with van der Waals surface area (Å²) in [6, 6.07) is 28.9. The molecule has 0 aliphatic carbocycles. The topological polar surface area (TPSA) is 38.9 Å². The van der Waals surface area contributed by atoms with Gasteiger partial charge < -0.3 is 4.42 Å². The maximum Gasteiger partial charge on any atom is 0.227 e. The van der Waals surface area contributed by atoms with Crippen LogP contribution in [-0.2, 0) is 0 Å². The maximum atomic E-state index is 8.45. The van der Waals surface area contributed by atoms with Gasteiger partial charge >= 0.3 is 0 Å². The Morgan fingerprint density at radius 3 is 2.39 bits per heavy atom. The molecule has 4 aromatic carbocycles. The van der Waals surface area contributed by atoms with Crippen LogP contribution in [0.4, 0.5) is 0 Å².